The minimum absolute atomic E-state index is 0.0486. The van der Waals surface area contributed by atoms with E-state index in [-0.39, 0.29) is 11.9 Å². The molecule has 0 radical (unpaired) electrons. The minimum Gasteiger partial charge on any atom is -0.470 e. The molecule has 18 heavy (non-hydrogen) atoms. The first kappa shape index (κ1) is 11.7. The van der Waals surface area contributed by atoms with Crippen LogP contribution in [0.4, 0.5) is 0 Å². The number of hydrogen-bond donors (Lipinski definition) is 0. The fraction of sp³-hybridized carbons (Fsp3) is 0.429. The molecule has 1 unspecified atom stereocenters. The van der Waals surface area contributed by atoms with Gasteiger partial charge < -0.3 is 4.74 Å². The second-order valence-electron chi connectivity index (χ2n) is 4.83. The number of benzene rings is 1. The Bertz CT molecular complexity index is 540. The molecule has 2 aliphatic rings. The van der Waals surface area contributed by atoms with E-state index in [4.69, 9.17) is 16.3 Å². The second kappa shape index (κ2) is 4.09. The van der Waals surface area contributed by atoms with Gasteiger partial charge in [0.05, 0.1) is 0 Å². The second-order valence-corrected chi connectivity index (χ2v) is 5.24. The van der Waals surface area contributed by atoms with Crippen LogP contribution < -0.4 is 0 Å². The maximum atomic E-state index is 12.5. The lowest BCUT2D eigenvalue weighted by molar-refractivity contribution is -0.137. The Hall–Kier alpha value is -1.35. The molecule has 2 bridgehead atoms. The summed E-state index contributed by atoms with van der Waals surface area (Å²) in [7, 11) is 0. The summed E-state index contributed by atoms with van der Waals surface area (Å²) >= 11 is 6.25. The normalized spacial score (nSPS) is 30.7. The molecule has 0 aromatic heterocycles. The highest BCUT2D eigenvalue weighted by Crippen LogP contribution is 2.44. The topological polar surface area (TPSA) is 38.7 Å². The van der Waals surface area contributed by atoms with Crippen molar-refractivity contribution >= 4 is 23.3 Å². The van der Waals surface area contributed by atoms with Gasteiger partial charge in [0, 0.05) is 17.5 Å². The van der Waals surface area contributed by atoms with Crippen LogP contribution in [0.3, 0.4) is 0 Å². The summed E-state index contributed by atoms with van der Waals surface area (Å²) in [4.78, 5) is 17.0. The van der Waals surface area contributed by atoms with Crippen LogP contribution in [0.2, 0.25) is 5.02 Å². The monoisotopic (exact) mass is 263 g/mol. The lowest BCUT2D eigenvalue weighted by Crippen LogP contribution is -2.50. The molecule has 3 nitrogen and oxygen atoms in total. The van der Waals surface area contributed by atoms with E-state index in [1.807, 2.05) is 24.3 Å². The summed E-state index contributed by atoms with van der Waals surface area (Å²) in [6.07, 6.45) is 2.07. The van der Waals surface area contributed by atoms with E-state index in [1.54, 1.807) is 6.92 Å². The zero-order valence-electron chi connectivity index (χ0n) is 10.1. The van der Waals surface area contributed by atoms with Gasteiger partial charge in [-0.05, 0) is 25.3 Å². The molecule has 1 aromatic carbocycles. The highest BCUT2D eigenvalue weighted by molar-refractivity contribution is 6.32. The summed E-state index contributed by atoms with van der Waals surface area (Å²) in [5.74, 6) is 0.631. The Kier molecular flexibility index (Phi) is 2.67. The van der Waals surface area contributed by atoms with Gasteiger partial charge in [0.2, 0.25) is 5.78 Å². The van der Waals surface area contributed by atoms with Gasteiger partial charge in [-0.25, -0.2) is 4.99 Å². The Balaban J connectivity index is 2.20. The van der Waals surface area contributed by atoms with Gasteiger partial charge in [-0.15, -0.1) is 0 Å². The Morgan fingerprint density at radius 3 is 3.00 bits per heavy atom. The van der Waals surface area contributed by atoms with Crippen molar-refractivity contribution < 1.29 is 9.53 Å². The number of carbonyl (C=O) groups is 1. The minimum atomic E-state index is -0.816. The summed E-state index contributed by atoms with van der Waals surface area (Å²) in [5.41, 5.74) is -0.00660. The number of ketones is 1. The van der Waals surface area contributed by atoms with Crippen molar-refractivity contribution in [3.05, 3.63) is 34.9 Å². The van der Waals surface area contributed by atoms with Gasteiger partial charge in [0.1, 0.15) is 0 Å². The fourth-order valence-corrected chi connectivity index (χ4v) is 3.20. The van der Waals surface area contributed by atoms with E-state index in [9.17, 15) is 4.79 Å². The van der Waals surface area contributed by atoms with Gasteiger partial charge in [-0.2, -0.15) is 0 Å². The summed E-state index contributed by atoms with van der Waals surface area (Å²) < 4.78 is 5.51. The van der Waals surface area contributed by atoms with Crippen molar-refractivity contribution in [3.63, 3.8) is 0 Å². The van der Waals surface area contributed by atoms with Crippen LogP contribution in [0, 0.1) is 0 Å². The fourth-order valence-electron chi connectivity index (χ4n) is 2.91. The first-order valence-corrected chi connectivity index (χ1v) is 6.54. The smallest absolute Gasteiger partial charge is 0.205 e. The van der Waals surface area contributed by atoms with E-state index in [0.717, 1.165) is 18.4 Å². The summed E-state index contributed by atoms with van der Waals surface area (Å²) in [6, 6.07) is 7.46. The standard InChI is InChI=1S/C14H14ClNO2/c1-9-16-14(10-5-2-3-6-11(10)15)8-4-7-12(18-9)13(14)17/h2-3,5-6,12H,4,7-8H2,1H3/t12-,14?/m0/s1. The Morgan fingerprint density at radius 1 is 1.44 bits per heavy atom. The number of rotatable bonds is 1. The maximum absolute atomic E-state index is 12.5. The van der Waals surface area contributed by atoms with E-state index >= 15 is 0 Å². The lowest BCUT2D eigenvalue weighted by Gasteiger charge is -2.40. The quantitative estimate of drug-likeness (QED) is 0.781. The molecule has 4 heteroatoms. The molecule has 0 amide bonds. The maximum Gasteiger partial charge on any atom is 0.205 e. The van der Waals surface area contributed by atoms with Gasteiger partial charge >= 0.3 is 0 Å². The molecule has 2 atom stereocenters. The largest absolute Gasteiger partial charge is 0.470 e. The van der Waals surface area contributed by atoms with Crippen molar-refractivity contribution in [1.82, 2.24) is 0 Å². The van der Waals surface area contributed by atoms with Crippen molar-refractivity contribution in [3.8, 4) is 0 Å². The molecule has 0 spiro atoms. The zero-order chi connectivity index (χ0) is 12.8. The number of aliphatic imine (C=N–C) groups is 1. The first-order chi connectivity index (χ1) is 8.63. The van der Waals surface area contributed by atoms with Crippen LogP contribution in [0.5, 0.6) is 0 Å². The molecule has 1 aromatic rings. The van der Waals surface area contributed by atoms with E-state index in [0.29, 0.717) is 17.3 Å². The predicted molar refractivity (Wildman–Crippen MR) is 70.0 cm³/mol. The van der Waals surface area contributed by atoms with E-state index < -0.39 is 5.54 Å². The number of hydrogen-bond acceptors (Lipinski definition) is 3. The van der Waals surface area contributed by atoms with Crippen LogP contribution in [-0.4, -0.2) is 17.8 Å². The van der Waals surface area contributed by atoms with Crippen LogP contribution in [0.15, 0.2) is 29.3 Å². The van der Waals surface area contributed by atoms with Gasteiger partial charge in [0.25, 0.3) is 0 Å². The van der Waals surface area contributed by atoms with Crippen LogP contribution in [-0.2, 0) is 15.1 Å². The average molecular weight is 264 g/mol. The van der Waals surface area contributed by atoms with Crippen molar-refractivity contribution in [2.75, 3.05) is 0 Å². The molecule has 1 heterocycles. The Labute approximate surface area is 111 Å². The predicted octanol–water partition coefficient (Wildman–Crippen LogP) is 3.11. The molecule has 1 aliphatic carbocycles. The van der Waals surface area contributed by atoms with Crippen LogP contribution >= 0.6 is 11.6 Å². The molecule has 1 saturated carbocycles. The highest BCUT2D eigenvalue weighted by Gasteiger charge is 2.50. The van der Waals surface area contributed by atoms with Crippen LogP contribution in [0.1, 0.15) is 31.7 Å². The van der Waals surface area contributed by atoms with Gasteiger partial charge in [0.15, 0.2) is 17.5 Å². The molecule has 94 valence electrons. The summed E-state index contributed by atoms with van der Waals surface area (Å²) in [6.45, 7) is 1.80. The molecule has 0 saturated heterocycles. The number of Topliss-reactive ketones (excluding diaryl/α,β-unsaturated/α-hetero) is 1. The number of fused-ring (bicyclic) bond motifs is 2. The van der Waals surface area contributed by atoms with Crippen molar-refractivity contribution in [1.29, 1.82) is 0 Å². The third-order valence-electron chi connectivity index (χ3n) is 3.69. The van der Waals surface area contributed by atoms with Crippen LogP contribution in [0.25, 0.3) is 0 Å². The zero-order valence-corrected chi connectivity index (χ0v) is 10.9. The number of ether oxygens (including phenoxy) is 1. The van der Waals surface area contributed by atoms with Gasteiger partial charge in [-0.3, -0.25) is 4.79 Å². The van der Waals surface area contributed by atoms with Gasteiger partial charge in [-0.1, -0.05) is 29.8 Å². The van der Waals surface area contributed by atoms with Crippen molar-refractivity contribution in [2.24, 2.45) is 4.99 Å². The third-order valence-corrected chi connectivity index (χ3v) is 4.02. The SMILES string of the molecule is CC1=NC2(c3ccccc3Cl)CCC[C@H](O1)C2=O. The summed E-state index contributed by atoms with van der Waals surface area (Å²) in [5, 5.41) is 0.602. The van der Waals surface area contributed by atoms with E-state index in [2.05, 4.69) is 4.99 Å². The average Bonchev–Trinajstić information content (AvgIpc) is 2.32. The molecular weight excluding hydrogens is 250 g/mol. The molecule has 0 N–H and O–H groups in total. The number of halogens is 1. The lowest BCUT2D eigenvalue weighted by atomic mass is 9.74. The molecule has 1 fully saturated rings. The third kappa shape index (κ3) is 1.57. The van der Waals surface area contributed by atoms with Crippen molar-refractivity contribution in [2.45, 2.75) is 37.8 Å². The molecule has 1 aliphatic heterocycles. The highest BCUT2D eigenvalue weighted by atomic mass is 35.5. The first-order valence-electron chi connectivity index (χ1n) is 6.16. The molecular formula is C14H14ClNO2. The van der Waals surface area contributed by atoms with E-state index in [1.165, 1.54) is 0 Å². The number of carbonyl (C=O) groups excluding carboxylic acids is 1. The Morgan fingerprint density at radius 2 is 2.22 bits per heavy atom. The molecule has 3 rings (SSSR count). The number of nitrogens with zero attached hydrogens (tertiary/aromatic N) is 1.